The van der Waals surface area contributed by atoms with Crippen LogP contribution in [0.25, 0.3) is 6.08 Å². The zero-order chi connectivity index (χ0) is 19.8. The maximum atomic E-state index is 10.9. The molecule has 28 heavy (non-hydrogen) atoms. The standard InChI is InChI=1S/C23H19ClO4/c24-19-12-10-17(11-13-19)6-4-14-27-21-8-1-2-9-22(21)28-20-7-3-5-18(15-20)16-23(25)26/h1-13,15H,14,16H2,(H,25,26)/b6-4+. The number of para-hydroxylation sites is 2. The highest BCUT2D eigenvalue weighted by molar-refractivity contribution is 6.30. The van der Waals surface area contributed by atoms with Crippen molar-refractivity contribution in [2.75, 3.05) is 6.61 Å². The summed E-state index contributed by atoms with van der Waals surface area (Å²) in [6, 6.07) is 21.9. The summed E-state index contributed by atoms with van der Waals surface area (Å²) in [6.07, 6.45) is 3.81. The maximum absolute atomic E-state index is 10.9. The number of benzene rings is 3. The third-order valence-corrected chi connectivity index (χ3v) is 4.10. The fraction of sp³-hybridized carbons (Fsp3) is 0.0870. The minimum atomic E-state index is -0.881. The fourth-order valence-corrected chi connectivity index (χ4v) is 2.70. The fourth-order valence-electron chi connectivity index (χ4n) is 2.57. The van der Waals surface area contributed by atoms with E-state index in [-0.39, 0.29) is 6.42 Å². The molecule has 0 atom stereocenters. The van der Waals surface area contributed by atoms with Gasteiger partial charge in [0.25, 0.3) is 0 Å². The smallest absolute Gasteiger partial charge is 0.307 e. The van der Waals surface area contributed by atoms with Crippen LogP contribution in [0.2, 0.25) is 5.02 Å². The van der Waals surface area contributed by atoms with Gasteiger partial charge >= 0.3 is 5.97 Å². The lowest BCUT2D eigenvalue weighted by atomic mass is 10.1. The minimum Gasteiger partial charge on any atom is -0.486 e. The van der Waals surface area contributed by atoms with Crippen LogP contribution in [0, 0.1) is 0 Å². The normalized spacial score (nSPS) is 10.8. The molecule has 4 nitrogen and oxygen atoms in total. The Hall–Kier alpha value is -3.24. The lowest BCUT2D eigenvalue weighted by molar-refractivity contribution is -0.136. The molecule has 5 heteroatoms. The Bertz CT molecular complexity index is 964. The van der Waals surface area contributed by atoms with Gasteiger partial charge in [-0.2, -0.15) is 0 Å². The van der Waals surface area contributed by atoms with Gasteiger partial charge in [0, 0.05) is 5.02 Å². The van der Waals surface area contributed by atoms with Crippen LogP contribution < -0.4 is 9.47 Å². The topological polar surface area (TPSA) is 55.8 Å². The van der Waals surface area contributed by atoms with E-state index in [1.807, 2.05) is 60.7 Å². The molecule has 0 heterocycles. The summed E-state index contributed by atoms with van der Waals surface area (Å²) < 4.78 is 11.7. The number of aliphatic carboxylic acids is 1. The number of hydrogen-bond acceptors (Lipinski definition) is 3. The summed E-state index contributed by atoms with van der Waals surface area (Å²) in [4.78, 5) is 10.9. The van der Waals surface area contributed by atoms with Crippen LogP contribution in [0.3, 0.4) is 0 Å². The van der Waals surface area contributed by atoms with Gasteiger partial charge in [-0.05, 0) is 53.6 Å². The molecule has 0 fully saturated rings. The monoisotopic (exact) mass is 394 g/mol. The molecule has 0 bridgehead atoms. The predicted octanol–water partition coefficient (Wildman–Crippen LogP) is 5.85. The van der Waals surface area contributed by atoms with Crippen LogP contribution in [0.4, 0.5) is 0 Å². The molecule has 3 aromatic carbocycles. The molecular weight excluding hydrogens is 376 g/mol. The van der Waals surface area contributed by atoms with Crippen molar-refractivity contribution in [1.29, 1.82) is 0 Å². The second-order valence-electron chi connectivity index (χ2n) is 6.03. The van der Waals surface area contributed by atoms with Gasteiger partial charge in [0.15, 0.2) is 11.5 Å². The van der Waals surface area contributed by atoms with E-state index in [0.29, 0.717) is 34.4 Å². The van der Waals surface area contributed by atoms with Gasteiger partial charge in [-0.15, -0.1) is 0 Å². The Morgan fingerprint density at radius 2 is 1.71 bits per heavy atom. The zero-order valence-corrected chi connectivity index (χ0v) is 15.8. The SMILES string of the molecule is O=C(O)Cc1cccc(Oc2ccccc2OC/C=C/c2ccc(Cl)cc2)c1. The largest absolute Gasteiger partial charge is 0.486 e. The number of ether oxygens (including phenoxy) is 2. The Morgan fingerprint density at radius 1 is 0.964 bits per heavy atom. The molecule has 0 radical (unpaired) electrons. The van der Waals surface area contributed by atoms with Gasteiger partial charge in [0.2, 0.25) is 0 Å². The Balaban J connectivity index is 1.64. The first-order valence-electron chi connectivity index (χ1n) is 8.73. The van der Waals surface area contributed by atoms with Gasteiger partial charge in [-0.25, -0.2) is 0 Å². The molecule has 142 valence electrons. The molecule has 0 saturated heterocycles. The van der Waals surface area contributed by atoms with E-state index >= 15 is 0 Å². The second-order valence-corrected chi connectivity index (χ2v) is 6.47. The third-order valence-electron chi connectivity index (χ3n) is 3.85. The van der Waals surface area contributed by atoms with Crippen molar-refractivity contribution in [3.8, 4) is 17.2 Å². The lowest BCUT2D eigenvalue weighted by Crippen LogP contribution is -2.00. The van der Waals surface area contributed by atoms with Crippen molar-refractivity contribution < 1.29 is 19.4 Å². The van der Waals surface area contributed by atoms with E-state index in [4.69, 9.17) is 26.2 Å². The highest BCUT2D eigenvalue weighted by atomic mass is 35.5. The molecule has 0 aliphatic rings. The molecule has 0 spiro atoms. The first kappa shape index (κ1) is 19.5. The number of rotatable bonds is 8. The van der Waals surface area contributed by atoms with Crippen LogP contribution >= 0.6 is 11.6 Å². The first-order chi connectivity index (χ1) is 13.6. The number of carboxylic acid groups (broad SMARTS) is 1. The van der Waals surface area contributed by atoms with Crippen LogP contribution in [-0.4, -0.2) is 17.7 Å². The van der Waals surface area contributed by atoms with Crippen molar-refractivity contribution in [1.82, 2.24) is 0 Å². The quantitative estimate of drug-likeness (QED) is 0.520. The molecule has 0 amide bonds. The van der Waals surface area contributed by atoms with E-state index in [9.17, 15) is 4.79 Å². The average molecular weight is 395 g/mol. The average Bonchev–Trinajstić information content (AvgIpc) is 2.67. The summed E-state index contributed by atoms with van der Waals surface area (Å²) in [5.41, 5.74) is 1.71. The van der Waals surface area contributed by atoms with E-state index in [2.05, 4.69) is 0 Å². The summed E-state index contributed by atoms with van der Waals surface area (Å²) in [6.45, 7) is 0.377. The highest BCUT2D eigenvalue weighted by Crippen LogP contribution is 2.31. The van der Waals surface area contributed by atoms with Crippen LogP contribution in [-0.2, 0) is 11.2 Å². The molecular formula is C23H19ClO4. The first-order valence-corrected chi connectivity index (χ1v) is 9.10. The number of carboxylic acids is 1. The maximum Gasteiger partial charge on any atom is 0.307 e. The molecule has 1 N–H and O–H groups in total. The van der Waals surface area contributed by atoms with Crippen molar-refractivity contribution in [2.45, 2.75) is 6.42 Å². The van der Waals surface area contributed by atoms with Gasteiger partial charge < -0.3 is 14.6 Å². The number of halogens is 1. The molecule has 0 saturated carbocycles. The predicted molar refractivity (Wildman–Crippen MR) is 110 cm³/mol. The van der Waals surface area contributed by atoms with Crippen molar-refractivity contribution in [3.05, 3.63) is 95.0 Å². The number of carbonyl (C=O) groups is 1. The highest BCUT2D eigenvalue weighted by Gasteiger charge is 2.07. The van der Waals surface area contributed by atoms with Crippen LogP contribution in [0.15, 0.2) is 78.9 Å². The minimum absolute atomic E-state index is 0.0508. The lowest BCUT2D eigenvalue weighted by Gasteiger charge is -2.12. The summed E-state index contributed by atoms with van der Waals surface area (Å²) in [5, 5.41) is 9.64. The number of hydrogen-bond donors (Lipinski definition) is 1. The van der Waals surface area contributed by atoms with E-state index in [1.165, 1.54) is 0 Å². The van der Waals surface area contributed by atoms with Gasteiger partial charge in [0.05, 0.1) is 6.42 Å². The van der Waals surface area contributed by atoms with Crippen molar-refractivity contribution in [2.24, 2.45) is 0 Å². The Labute approximate surface area is 168 Å². The molecule has 3 rings (SSSR count). The molecule has 0 unspecified atom stereocenters. The summed E-state index contributed by atoms with van der Waals surface area (Å²) in [7, 11) is 0. The van der Waals surface area contributed by atoms with Gasteiger partial charge in [-0.3, -0.25) is 4.79 Å². The third kappa shape index (κ3) is 5.89. The van der Waals surface area contributed by atoms with Crippen LogP contribution in [0.1, 0.15) is 11.1 Å². The summed E-state index contributed by atoms with van der Waals surface area (Å²) in [5.74, 6) is 0.849. The van der Waals surface area contributed by atoms with E-state index in [0.717, 1.165) is 5.56 Å². The molecule has 3 aromatic rings. The van der Waals surface area contributed by atoms with Gasteiger partial charge in [0.1, 0.15) is 12.4 Å². The second kappa shape index (κ2) is 9.62. The molecule has 0 aliphatic carbocycles. The van der Waals surface area contributed by atoms with E-state index < -0.39 is 5.97 Å². The van der Waals surface area contributed by atoms with E-state index in [1.54, 1.807) is 24.3 Å². The van der Waals surface area contributed by atoms with Crippen molar-refractivity contribution in [3.63, 3.8) is 0 Å². The Kier molecular flexibility index (Phi) is 6.71. The van der Waals surface area contributed by atoms with Gasteiger partial charge in [-0.1, -0.05) is 54.1 Å². The summed E-state index contributed by atoms with van der Waals surface area (Å²) >= 11 is 5.88. The Morgan fingerprint density at radius 3 is 2.46 bits per heavy atom. The van der Waals surface area contributed by atoms with Crippen LogP contribution in [0.5, 0.6) is 17.2 Å². The van der Waals surface area contributed by atoms with Crippen molar-refractivity contribution >= 4 is 23.6 Å². The zero-order valence-electron chi connectivity index (χ0n) is 15.0. The molecule has 0 aliphatic heterocycles. The molecule has 0 aromatic heterocycles.